The molecule has 0 unspecified atom stereocenters. The summed E-state index contributed by atoms with van der Waals surface area (Å²) in [6.45, 7) is 2.66. The lowest BCUT2D eigenvalue weighted by Crippen LogP contribution is -2.52. The topological polar surface area (TPSA) is 101 Å². The van der Waals surface area contributed by atoms with Crippen LogP contribution in [-0.2, 0) is 9.84 Å². The highest BCUT2D eigenvalue weighted by molar-refractivity contribution is 7.91. The molecule has 1 aromatic heterocycles. The van der Waals surface area contributed by atoms with E-state index < -0.39 is 9.84 Å². The van der Waals surface area contributed by atoms with E-state index in [9.17, 15) is 13.2 Å². The van der Waals surface area contributed by atoms with Crippen molar-refractivity contribution in [2.24, 2.45) is 0 Å². The second kappa shape index (κ2) is 6.76. The number of carbonyl (C=O) groups is 1. The van der Waals surface area contributed by atoms with Gasteiger partial charge in [0.2, 0.25) is 0 Å². The molecule has 0 saturated carbocycles. The Labute approximate surface area is 151 Å². The van der Waals surface area contributed by atoms with Crippen molar-refractivity contribution < 1.29 is 13.2 Å². The monoisotopic (exact) mass is 376 g/mol. The Morgan fingerprint density at radius 3 is 2.38 bits per heavy atom. The summed E-state index contributed by atoms with van der Waals surface area (Å²) in [7, 11) is -2.88. The first-order valence-electron chi connectivity index (χ1n) is 8.59. The van der Waals surface area contributed by atoms with Crippen LogP contribution in [0.3, 0.4) is 0 Å². The van der Waals surface area contributed by atoms with Crippen molar-refractivity contribution >= 4 is 15.7 Å². The van der Waals surface area contributed by atoms with Gasteiger partial charge in [0, 0.05) is 37.8 Å². The lowest BCUT2D eigenvalue weighted by Gasteiger charge is -2.37. The maximum absolute atomic E-state index is 12.7. The SMILES string of the molecule is O=C(c1ccc(-n2cnnn2)cc1)N1CCN([C@H]2CCS(=O)(=O)C2)CC1. The summed E-state index contributed by atoms with van der Waals surface area (Å²) in [6.07, 6.45) is 2.20. The van der Waals surface area contributed by atoms with Crippen molar-refractivity contribution in [1.82, 2.24) is 30.0 Å². The Hall–Kier alpha value is -2.33. The predicted octanol–water partition coefficient (Wildman–Crippen LogP) is -0.393. The molecule has 0 bridgehead atoms. The molecule has 0 spiro atoms. The number of sulfone groups is 1. The van der Waals surface area contributed by atoms with Crippen molar-refractivity contribution in [3.05, 3.63) is 36.2 Å². The highest BCUT2D eigenvalue weighted by Gasteiger charge is 2.34. The fourth-order valence-electron chi connectivity index (χ4n) is 3.57. The number of aromatic nitrogens is 4. The molecular formula is C16H20N6O3S. The summed E-state index contributed by atoms with van der Waals surface area (Å²) in [4.78, 5) is 16.7. The normalized spacial score (nSPS) is 23.2. The Balaban J connectivity index is 1.36. The minimum Gasteiger partial charge on any atom is -0.336 e. The fourth-order valence-corrected chi connectivity index (χ4v) is 5.33. The molecule has 2 saturated heterocycles. The van der Waals surface area contributed by atoms with E-state index in [1.807, 2.05) is 17.0 Å². The number of amides is 1. The first kappa shape index (κ1) is 17.1. The number of benzene rings is 1. The number of rotatable bonds is 3. The van der Waals surface area contributed by atoms with Crippen LogP contribution >= 0.6 is 0 Å². The molecule has 1 atom stereocenters. The molecule has 1 aromatic carbocycles. The van der Waals surface area contributed by atoms with E-state index in [1.54, 1.807) is 12.1 Å². The Morgan fingerprint density at radius 1 is 1.08 bits per heavy atom. The van der Waals surface area contributed by atoms with E-state index in [4.69, 9.17) is 0 Å². The van der Waals surface area contributed by atoms with Crippen LogP contribution in [0.5, 0.6) is 0 Å². The number of hydrogen-bond acceptors (Lipinski definition) is 7. The largest absolute Gasteiger partial charge is 0.336 e. The zero-order valence-electron chi connectivity index (χ0n) is 14.2. The minimum absolute atomic E-state index is 0.00745. The van der Waals surface area contributed by atoms with Gasteiger partial charge in [0.05, 0.1) is 17.2 Å². The van der Waals surface area contributed by atoms with Gasteiger partial charge in [-0.25, -0.2) is 13.1 Å². The molecule has 4 rings (SSSR count). The minimum atomic E-state index is -2.88. The summed E-state index contributed by atoms with van der Waals surface area (Å²) in [6, 6.07) is 7.27. The molecule has 0 aliphatic carbocycles. The third kappa shape index (κ3) is 3.47. The second-order valence-corrected chi connectivity index (χ2v) is 8.92. The average Bonchev–Trinajstić information content (AvgIpc) is 3.31. The van der Waals surface area contributed by atoms with Gasteiger partial charge in [0.1, 0.15) is 6.33 Å². The van der Waals surface area contributed by atoms with Crippen LogP contribution in [0, 0.1) is 0 Å². The smallest absolute Gasteiger partial charge is 0.253 e. The van der Waals surface area contributed by atoms with Crippen LogP contribution in [0.2, 0.25) is 0 Å². The molecule has 2 aliphatic rings. The standard InChI is InChI=1S/C16H20N6O3S/c23-16(13-1-3-14(4-2-13)22-12-17-18-19-22)21-8-6-20(7-9-21)15-5-10-26(24,25)11-15/h1-4,12,15H,5-11H2/t15-/m0/s1. The molecule has 2 aromatic rings. The van der Waals surface area contributed by atoms with Gasteiger partial charge in [0.25, 0.3) is 5.91 Å². The van der Waals surface area contributed by atoms with Gasteiger partial charge in [-0.15, -0.1) is 5.10 Å². The number of hydrogen-bond donors (Lipinski definition) is 0. The van der Waals surface area contributed by atoms with Gasteiger partial charge in [-0.1, -0.05) is 0 Å². The Bertz CT molecular complexity index is 873. The third-order valence-corrected chi connectivity index (χ3v) is 6.80. The highest BCUT2D eigenvalue weighted by atomic mass is 32.2. The van der Waals surface area contributed by atoms with Crippen LogP contribution in [0.15, 0.2) is 30.6 Å². The molecule has 138 valence electrons. The van der Waals surface area contributed by atoms with Crippen LogP contribution in [0.25, 0.3) is 5.69 Å². The van der Waals surface area contributed by atoms with E-state index in [0.717, 1.165) is 5.69 Å². The van der Waals surface area contributed by atoms with Crippen molar-refractivity contribution in [2.45, 2.75) is 12.5 Å². The summed E-state index contributed by atoms with van der Waals surface area (Å²) in [5, 5.41) is 11.0. The van der Waals surface area contributed by atoms with E-state index in [0.29, 0.717) is 38.2 Å². The lowest BCUT2D eigenvalue weighted by molar-refractivity contribution is 0.0588. The summed E-state index contributed by atoms with van der Waals surface area (Å²) < 4.78 is 24.8. The fraction of sp³-hybridized carbons (Fsp3) is 0.500. The quantitative estimate of drug-likeness (QED) is 0.719. The molecule has 1 amide bonds. The third-order valence-electron chi connectivity index (χ3n) is 5.05. The Kier molecular flexibility index (Phi) is 4.45. The molecule has 10 heteroatoms. The van der Waals surface area contributed by atoms with Crippen LogP contribution < -0.4 is 0 Å². The van der Waals surface area contributed by atoms with Crippen LogP contribution in [-0.4, -0.2) is 88.1 Å². The van der Waals surface area contributed by atoms with Crippen LogP contribution in [0.1, 0.15) is 16.8 Å². The lowest BCUT2D eigenvalue weighted by atomic mass is 10.1. The summed E-state index contributed by atoms with van der Waals surface area (Å²) in [5.41, 5.74) is 1.41. The Morgan fingerprint density at radius 2 is 1.81 bits per heavy atom. The molecule has 0 N–H and O–H groups in total. The highest BCUT2D eigenvalue weighted by Crippen LogP contribution is 2.20. The molecule has 26 heavy (non-hydrogen) atoms. The molecule has 2 aliphatic heterocycles. The van der Waals surface area contributed by atoms with Crippen molar-refractivity contribution in [1.29, 1.82) is 0 Å². The number of piperazine rings is 1. The van der Waals surface area contributed by atoms with Gasteiger partial charge in [-0.3, -0.25) is 9.69 Å². The molecule has 9 nitrogen and oxygen atoms in total. The second-order valence-electron chi connectivity index (χ2n) is 6.69. The number of carbonyl (C=O) groups excluding carboxylic acids is 1. The summed E-state index contributed by atoms with van der Waals surface area (Å²) >= 11 is 0. The van der Waals surface area contributed by atoms with Crippen molar-refractivity contribution in [3.8, 4) is 5.69 Å². The number of tetrazole rings is 1. The zero-order valence-corrected chi connectivity index (χ0v) is 15.0. The van der Waals surface area contributed by atoms with Gasteiger partial charge in [0.15, 0.2) is 9.84 Å². The number of nitrogens with zero attached hydrogens (tertiary/aromatic N) is 6. The summed E-state index contributed by atoms with van der Waals surface area (Å²) in [5.74, 6) is 0.524. The van der Waals surface area contributed by atoms with Gasteiger partial charge < -0.3 is 4.90 Å². The first-order valence-corrected chi connectivity index (χ1v) is 10.4. The van der Waals surface area contributed by atoms with Gasteiger partial charge in [-0.05, 0) is 41.1 Å². The molecule has 2 fully saturated rings. The average molecular weight is 376 g/mol. The molecule has 0 radical (unpaired) electrons. The van der Waals surface area contributed by atoms with E-state index in [2.05, 4.69) is 20.4 Å². The van der Waals surface area contributed by atoms with Gasteiger partial charge in [-0.2, -0.15) is 0 Å². The maximum atomic E-state index is 12.7. The van der Waals surface area contributed by atoms with Crippen molar-refractivity contribution in [3.63, 3.8) is 0 Å². The maximum Gasteiger partial charge on any atom is 0.253 e. The molecule has 3 heterocycles. The van der Waals surface area contributed by atoms with Gasteiger partial charge >= 0.3 is 0 Å². The van der Waals surface area contributed by atoms with Crippen molar-refractivity contribution in [2.75, 3.05) is 37.7 Å². The van der Waals surface area contributed by atoms with E-state index in [-0.39, 0.29) is 23.5 Å². The predicted molar refractivity (Wildman–Crippen MR) is 93.7 cm³/mol. The van der Waals surface area contributed by atoms with Crippen LogP contribution in [0.4, 0.5) is 0 Å². The van der Waals surface area contributed by atoms with E-state index in [1.165, 1.54) is 11.0 Å². The van der Waals surface area contributed by atoms with E-state index >= 15 is 0 Å². The molecular weight excluding hydrogens is 356 g/mol. The first-order chi connectivity index (χ1) is 12.5. The zero-order chi connectivity index (χ0) is 18.1.